The Hall–Kier alpha value is -1.59. The molecular formula is C67H130O6. The van der Waals surface area contributed by atoms with Gasteiger partial charge in [0.05, 0.1) is 0 Å². The second-order valence-corrected chi connectivity index (χ2v) is 24.3. The lowest BCUT2D eigenvalue weighted by molar-refractivity contribution is -0.167. The van der Waals surface area contributed by atoms with Gasteiger partial charge < -0.3 is 14.2 Å². The molecule has 73 heavy (non-hydrogen) atoms. The van der Waals surface area contributed by atoms with E-state index >= 15 is 0 Å². The second-order valence-electron chi connectivity index (χ2n) is 24.3. The average molecular weight is 1030 g/mol. The van der Waals surface area contributed by atoms with Crippen molar-refractivity contribution in [2.24, 2.45) is 17.8 Å². The standard InChI is InChI=1S/C67H130O6/c1-7-63(6)55-49-43-37-31-25-19-12-10-8-9-11-13-21-28-34-40-46-52-58-67(70)73-64(60-72-66(69)57-51-45-39-33-27-22-16-18-24-30-36-42-48-54-62(4)5)59-71-65(68)56-50-44-38-32-26-20-15-14-17-23-29-35-41-47-53-61(2)3/h61-64H,7-60H2,1-6H3/t63?,64-/m0/s1. The summed E-state index contributed by atoms with van der Waals surface area (Å²) in [7, 11) is 0. The number of carbonyl (C=O) groups is 3. The fourth-order valence-corrected chi connectivity index (χ4v) is 10.4. The van der Waals surface area contributed by atoms with Crippen LogP contribution in [0.15, 0.2) is 0 Å². The number of rotatable bonds is 60. The maximum atomic E-state index is 12.9. The van der Waals surface area contributed by atoms with Crippen LogP contribution in [-0.2, 0) is 28.6 Å². The Morgan fingerprint density at radius 1 is 0.274 bits per heavy atom. The molecule has 0 spiro atoms. The lowest BCUT2D eigenvalue weighted by atomic mass is 9.99. The Bertz CT molecular complexity index is 1130. The third-order valence-corrected chi connectivity index (χ3v) is 15.8. The predicted octanol–water partition coefficient (Wildman–Crippen LogP) is 22.2. The van der Waals surface area contributed by atoms with Crippen LogP contribution in [-0.4, -0.2) is 37.2 Å². The summed E-state index contributed by atoms with van der Waals surface area (Å²) in [5.41, 5.74) is 0. The number of unbranched alkanes of at least 4 members (excludes halogenated alkanes) is 42. The number of esters is 3. The summed E-state index contributed by atoms with van der Waals surface area (Å²) in [6.07, 6.45) is 63.9. The Kier molecular flexibility index (Phi) is 56.8. The zero-order valence-electron chi connectivity index (χ0n) is 50.4. The van der Waals surface area contributed by atoms with E-state index in [2.05, 4.69) is 41.5 Å². The van der Waals surface area contributed by atoms with Crippen molar-refractivity contribution in [3.8, 4) is 0 Å². The molecule has 0 bridgehead atoms. The number of hydrogen-bond donors (Lipinski definition) is 0. The van der Waals surface area contributed by atoms with Crippen LogP contribution in [0, 0.1) is 17.8 Å². The second kappa shape index (κ2) is 58.1. The minimum atomic E-state index is -0.765. The highest BCUT2D eigenvalue weighted by Gasteiger charge is 2.20. The molecule has 0 aliphatic heterocycles. The van der Waals surface area contributed by atoms with E-state index in [0.29, 0.717) is 19.3 Å². The first kappa shape index (κ1) is 71.4. The van der Waals surface area contributed by atoms with E-state index in [9.17, 15) is 14.4 Å². The summed E-state index contributed by atoms with van der Waals surface area (Å²) in [4.78, 5) is 38.4. The highest BCUT2D eigenvalue weighted by Crippen LogP contribution is 2.20. The van der Waals surface area contributed by atoms with Gasteiger partial charge >= 0.3 is 17.9 Å². The molecule has 1 unspecified atom stereocenters. The highest BCUT2D eigenvalue weighted by atomic mass is 16.6. The topological polar surface area (TPSA) is 78.9 Å². The van der Waals surface area contributed by atoms with Gasteiger partial charge in [0.15, 0.2) is 6.10 Å². The van der Waals surface area contributed by atoms with Crippen molar-refractivity contribution < 1.29 is 28.6 Å². The molecule has 0 aliphatic rings. The van der Waals surface area contributed by atoms with Gasteiger partial charge in [-0.25, -0.2) is 0 Å². The first-order chi connectivity index (χ1) is 35.6. The molecule has 0 aliphatic carbocycles. The molecule has 0 saturated heterocycles. The maximum Gasteiger partial charge on any atom is 0.306 e. The van der Waals surface area contributed by atoms with Gasteiger partial charge in [0.25, 0.3) is 0 Å². The molecule has 0 aromatic rings. The number of hydrogen-bond acceptors (Lipinski definition) is 6. The van der Waals surface area contributed by atoms with Crippen molar-refractivity contribution in [2.45, 2.75) is 382 Å². The van der Waals surface area contributed by atoms with Gasteiger partial charge in [-0.3, -0.25) is 14.4 Å². The lowest BCUT2D eigenvalue weighted by Crippen LogP contribution is -2.30. The quantitative estimate of drug-likeness (QED) is 0.0343. The molecule has 6 nitrogen and oxygen atoms in total. The molecule has 0 aromatic heterocycles. The number of ether oxygens (including phenoxy) is 3. The lowest BCUT2D eigenvalue weighted by Gasteiger charge is -2.18. The van der Waals surface area contributed by atoms with Crippen LogP contribution in [0.1, 0.15) is 375 Å². The smallest absolute Gasteiger partial charge is 0.306 e. The molecule has 6 heteroatoms. The number of carbonyl (C=O) groups excluding carboxylic acids is 3. The molecule has 2 atom stereocenters. The van der Waals surface area contributed by atoms with Gasteiger partial charge in [-0.1, -0.05) is 337 Å². The van der Waals surface area contributed by atoms with Gasteiger partial charge in [-0.05, 0) is 37.0 Å². The highest BCUT2D eigenvalue weighted by molar-refractivity contribution is 5.71. The molecule has 0 amide bonds. The monoisotopic (exact) mass is 1030 g/mol. The fourth-order valence-electron chi connectivity index (χ4n) is 10.4. The summed E-state index contributed by atoms with van der Waals surface area (Å²) < 4.78 is 17.0. The van der Waals surface area contributed by atoms with E-state index < -0.39 is 6.10 Å². The van der Waals surface area contributed by atoms with Gasteiger partial charge in [-0.2, -0.15) is 0 Å². The van der Waals surface area contributed by atoms with Gasteiger partial charge in [0, 0.05) is 19.3 Å². The molecule has 0 saturated carbocycles. The summed E-state index contributed by atoms with van der Waals surface area (Å²) in [5, 5.41) is 0. The van der Waals surface area contributed by atoms with Gasteiger partial charge in [-0.15, -0.1) is 0 Å². The van der Waals surface area contributed by atoms with Crippen LogP contribution in [0.2, 0.25) is 0 Å². The third-order valence-electron chi connectivity index (χ3n) is 15.8. The van der Waals surface area contributed by atoms with Gasteiger partial charge in [0.2, 0.25) is 0 Å². The molecule has 0 heterocycles. The van der Waals surface area contributed by atoms with E-state index in [1.165, 1.54) is 257 Å². The van der Waals surface area contributed by atoms with Crippen LogP contribution in [0.25, 0.3) is 0 Å². The van der Waals surface area contributed by atoms with E-state index in [1.807, 2.05) is 0 Å². The maximum absolute atomic E-state index is 12.9. The molecule has 0 rings (SSSR count). The summed E-state index contributed by atoms with van der Waals surface area (Å²) in [6, 6.07) is 0. The Labute approximate surface area is 457 Å². The molecule has 0 aromatic carbocycles. The molecular weight excluding hydrogens is 901 g/mol. The van der Waals surface area contributed by atoms with E-state index in [1.54, 1.807) is 0 Å². The minimum Gasteiger partial charge on any atom is -0.462 e. The zero-order valence-corrected chi connectivity index (χ0v) is 50.4. The zero-order chi connectivity index (χ0) is 53.3. The van der Waals surface area contributed by atoms with Crippen LogP contribution in [0.5, 0.6) is 0 Å². The third kappa shape index (κ3) is 59.5. The summed E-state index contributed by atoms with van der Waals surface area (Å²) in [5.74, 6) is 1.76. The van der Waals surface area contributed by atoms with Crippen LogP contribution in [0.4, 0.5) is 0 Å². The molecule has 0 radical (unpaired) electrons. The Morgan fingerprint density at radius 2 is 0.479 bits per heavy atom. The first-order valence-corrected chi connectivity index (χ1v) is 33.1. The molecule has 0 N–H and O–H groups in total. The van der Waals surface area contributed by atoms with Crippen molar-refractivity contribution in [3.63, 3.8) is 0 Å². The predicted molar refractivity (Wildman–Crippen MR) is 316 cm³/mol. The average Bonchev–Trinajstić information content (AvgIpc) is 3.37. The minimum absolute atomic E-state index is 0.0624. The molecule has 434 valence electrons. The summed E-state index contributed by atoms with van der Waals surface area (Å²) in [6.45, 7) is 13.9. The van der Waals surface area contributed by atoms with Gasteiger partial charge in [0.1, 0.15) is 13.2 Å². The molecule has 0 fully saturated rings. The Morgan fingerprint density at radius 3 is 0.712 bits per heavy atom. The summed E-state index contributed by atoms with van der Waals surface area (Å²) >= 11 is 0. The SMILES string of the molecule is CCC(C)CCCCCCCCCCCCCCCCCCCCC(=O)O[C@@H](COC(=O)CCCCCCCCCCCCCCCCC(C)C)COC(=O)CCCCCCCCCCCCCCCC(C)C. The van der Waals surface area contributed by atoms with Crippen molar-refractivity contribution in [2.75, 3.05) is 13.2 Å². The largest absolute Gasteiger partial charge is 0.462 e. The van der Waals surface area contributed by atoms with Crippen molar-refractivity contribution in [1.82, 2.24) is 0 Å². The first-order valence-electron chi connectivity index (χ1n) is 33.1. The van der Waals surface area contributed by atoms with E-state index in [-0.39, 0.29) is 31.1 Å². The van der Waals surface area contributed by atoms with E-state index in [0.717, 1.165) is 75.5 Å². The van der Waals surface area contributed by atoms with Crippen molar-refractivity contribution in [1.29, 1.82) is 0 Å². The van der Waals surface area contributed by atoms with Crippen LogP contribution in [0.3, 0.4) is 0 Å². The van der Waals surface area contributed by atoms with E-state index in [4.69, 9.17) is 14.2 Å². The van der Waals surface area contributed by atoms with Crippen molar-refractivity contribution >= 4 is 17.9 Å². The fraction of sp³-hybridized carbons (Fsp3) is 0.955. The van der Waals surface area contributed by atoms with Crippen LogP contribution < -0.4 is 0 Å². The van der Waals surface area contributed by atoms with Crippen molar-refractivity contribution in [3.05, 3.63) is 0 Å². The normalized spacial score (nSPS) is 12.5. The van der Waals surface area contributed by atoms with Crippen LogP contribution >= 0.6 is 0 Å². The Balaban J connectivity index is 4.28.